The molecule has 1 heterocycles. The number of nitrogens with one attached hydrogen (secondary N) is 2. The minimum Gasteiger partial charge on any atom is -0.378 e. The molecule has 6 heteroatoms. The third kappa shape index (κ3) is 7.94. The zero-order chi connectivity index (χ0) is 18.6. The molecule has 0 bridgehead atoms. The van der Waals surface area contributed by atoms with Crippen molar-refractivity contribution < 1.29 is 9.53 Å². The molecule has 1 saturated carbocycles. The average molecular weight is 367 g/mol. The molecule has 2 fully saturated rings. The van der Waals surface area contributed by atoms with Crippen LogP contribution in [0.5, 0.6) is 0 Å². The molecule has 2 aliphatic rings. The SMILES string of the molecule is CCNC(=NCCCCOC1CCCCCC1)NC1CCC(=O)N(C)C1. The van der Waals surface area contributed by atoms with Gasteiger partial charge >= 0.3 is 0 Å². The standard InChI is InChI=1S/C20H38N4O2/c1-3-21-20(23-17-12-13-19(25)24(2)16-17)22-14-8-9-15-26-18-10-6-4-5-7-11-18/h17-18H,3-16H2,1-2H3,(H2,21,22,23). The van der Waals surface area contributed by atoms with Crippen LogP contribution in [0.4, 0.5) is 0 Å². The van der Waals surface area contributed by atoms with Gasteiger partial charge < -0.3 is 20.3 Å². The van der Waals surface area contributed by atoms with Gasteiger partial charge in [-0.25, -0.2) is 0 Å². The van der Waals surface area contributed by atoms with Crippen LogP contribution in [0.25, 0.3) is 0 Å². The second-order valence-electron chi connectivity index (χ2n) is 7.61. The highest BCUT2D eigenvalue weighted by Crippen LogP contribution is 2.19. The maximum absolute atomic E-state index is 11.6. The Balaban J connectivity index is 1.62. The predicted molar refractivity (Wildman–Crippen MR) is 106 cm³/mol. The maximum Gasteiger partial charge on any atom is 0.222 e. The smallest absolute Gasteiger partial charge is 0.222 e. The van der Waals surface area contributed by atoms with Gasteiger partial charge in [0.05, 0.1) is 6.10 Å². The van der Waals surface area contributed by atoms with E-state index in [0.29, 0.717) is 12.5 Å². The fraction of sp³-hybridized carbons (Fsp3) is 0.900. The minimum absolute atomic E-state index is 0.235. The molecule has 2 rings (SSSR count). The summed E-state index contributed by atoms with van der Waals surface area (Å²) in [4.78, 5) is 18.1. The largest absolute Gasteiger partial charge is 0.378 e. The van der Waals surface area contributed by atoms with E-state index < -0.39 is 0 Å². The quantitative estimate of drug-likeness (QED) is 0.300. The monoisotopic (exact) mass is 366 g/mol. The van der Waals surface area contributed by atoms with Crippen LogP contribution in [-0.2, 0) is 9.53 Å². The van der Waals surface area contributed by atoms with Crippen LogP contribution >= 0.6 is 0 Å². The number of likely N-dealkylation sites (tertiary alicyclic amines) is 1. The molecule has 0 aromatic rings. The molecule has 0 radical (unpaired) electrons. The van der Waals surface area contributed by atoms with Crippen LogP contribution in [0.3, 0.4) is 0 Å². The lowest BCUT2D eigenvalue weighted by molar-refractivity contribution is -0.132. The predicted octanol–water partition coefficient (Wildman–Crippen LogP) is 2.68. The van der Waals surface area contributed by atoms with E-state index in [1.807, 2.05) is 7.05 Å². The van der Waals surface area contributed by atoms with Gasteiger partial charge in [-0.1, -0.05) is 25.7 Å². The Morgan fingerprint density at radius 2 is 1.96 bits per heavy atom. The number of unbranched alkanes of at least 4 members (excludes halogenated alkanes) is 1. The van der Waals surface area contributed by atoms with Crippen molar-refractivity contribution in [3.05, 3.63) is 0 Å². The van der Waals surface area contributed by atoms with E-state index in [9.17, 15) is 4.79 Å². The highest BCUT2D eigenvalue weighted by atomic mass is 16.5. The molecule has 1 atom stereocenters. The van der Waals surface area contributed by atoms with Gasteiger partial charge in [-0.15, -0.1) is 0 Å². The number of nitrogens with zero attached hydrogens (tertiary/aromatic N) is 2. The molecular formula is C20H38N4O2. The van der Waals surface area contributed by atoms with Gasteiger partial charge in [0.25, 0.3) is 0 Å². The van der Waals surface area contributed by atoms with Crippen molar-refractivity contribution >= 4 is 11.9 Å². The summed E-state index contributed by atoms with van der Waals surface area (Å²) < 4.78 is 6.04. The van der Waals surface area contributed by atoms with E-state index in [2.05, 4.69) is 22.5 Å². The van der Waals surface area contributed by atoms with Gasteiger partial charge in [0.1, 0.15) is 0 Å². The number of aliphatic imine (C=N–C) groups is 1. The lowest BCUT2D eigenvalue weighted by Crippen LogP contribution is -2.51. The number of hydrogen-bond donors (Lipinski definition) is 2. The summed E-state index contributed by atoms with van der Waals surface area (Å²) in [6, 6.07) is 0.286. The zero-order valence-electron chi connectivity index (χ0n) is 16.8. The van der Waals surface area contributed by atoms with Crippen molar-refractivity contribution in [2.24, 2.45) is 4.99 Å². The van der Waals surface area contributed by atoms with Crippen molar-refractivity contribution in [1.29, 1.82) is 0 Å². The van der Waals surface area contributed by atoms with Crippen LogP contribution in [0.1, 0.15) is 71.1 Å². The summed E-state index contributed by atoms with van der Waals surface area (Å²) in [6.45, 7) is 5.34. The molecular weight excluding hydrogens is 328 g/mol. The topological polar surface area (TPSA) is 66.0 Å². The molecule has 6 nitrogen and oxygen atoms in total. The van der Waals surface area contributed by atoms with Gasteiger partial charge in [-0.2, -0.15) is 0 Å². The Hall–Kier alpha value is -1.30. The minimum atomic E-state index is 0.235. The van der Waals surface area contributed by atoms with Gasteiger partial charge in [0, 0.05) is 45.8 Å². The summed E-state index contributed by atoms with van der Waals surface area (Å²) in [5.74, 6) is 1.10. The van der Waals surface area contributed by atoms with Gasteiger partial charge in [0.15, 0.2) is 5.96 Å². The summed E-state index contributed by atoms with van der Waals surface area (Å²) >= 11 is 0. The first kappa shape index (κ1) is 21.0. The van der Waals surface area contributed by atoms with E-state index in [1.54, 1.807) is 4.90 Å². The normalized spacial score (nSPS) is 23.0. The highest BCUT2D eigenvalue weighted by molar-refractivity contribution is 5.81. The number of carbonyl (C=O) groups is 1. The molecule has 0 aromatic carbocycles. The highest BCUT2D eigenvalue weighted by Gasteiger charge is 2.23. The molecule has 150 valence electrons. The maximum atomic E-state index is 11.6. The Morgan fingerprint density at radius 1 is 1.19 bits per heavy atom. The second-order valence-corrected chi connectivity index (χ2v) is 7.61. The first-order valence-electron chi connectivity index (χ1n) is 10.6. The number of hydrogen-bond acceptors (Lipinski definition) is 3. The molecule has 1 aliphatic heterocycles. The average Bonchev–Trinajstić information content (AvgIpc) is 2.90. The van der Waals surface area contributed by atoms with Crippen molar-refractivity contribution in [3.63, 3.8) is 0 Å². The number of piperidine rings is 1. The number of rotatable bonds is 8. The Bertz CT molecular complexity index is 434. The third-order valence-electron chi connectivity index (χ3n) is 5.29. The molecule has 1 aliphatic carbocycles. The van der Waals surface area contributed by atoms with Gasteiger partial charge in [-0.05, 0) is 39.0 Å². The molecule has 1 unspecified atom stereocenters. The van der Waals surface area contributed by atoms with Crippen molar-refractivity contribution in [3.8, 4) is 0 Å². The number of ether oxygens (including phenoxy) is 1. The van der Waals surface area contributed by atoms with E-state index in [-0.39, 0.29) is 11.9 Å². The van der Waals surface area contributed by atoms with E-state index in [0.717, 1.165) is 51.5 Å². The second kappa shape index (κ2) is 12.2. The van der Waals surface area contributed by atoms with E-state index in [1.165, 1.54) is 38.5 Å². The van der Waals surface area contributed by atoms with Gasteiger partial charge in [0.2, 0.25) is 5.91 Å². The number of likely N-dealkylation sites (N-methyl/N-ethyl adjacent to an activating group) is 1. The van der Waals surface area contributed by atoms with Crippen LogP contribution in [-0.4, -0.2) is 62.2 Å². The molecule has 1 amide bonds. The van der Waals surface area contributed by atoms with Crippen molar-refractivity contribution in [2.45, 2.75) is 83.3 Å². The zero-order valence-corrected chi connectivity index (χ0v) is 16.8. The van der Waals surface area contributed by atoms with E-state index >= 15 is 0 Å². The Kier molecular flexibility index (Phi) is 9.82. The summed E-state index contributed by atoms with van der Waals surface area (Å²) in [5, 5.41) is 6.78. The van der Waals surface area contributed by atoms with Crippen LogP contribution in [0.2, 0.25) is 0 Å². The Morgan fingerprint density at radius 3 is 2.65 bits per heavy atom. The lowest BCUT2D eigenvalue weighted by atomic mass is 10.1. The van der Waals surface area contributed by atoms with Crippen LogP contribution in [0, 0.1) is 0 Å². The van der Waals surface area contributed by atoms with Crippen molar-refractivity contribution in [1.82, 2.24) is 15.5 Å². The third-order valence-corrected chi connectivity index (χ3v) is 5.29. The van der Waals surface area contributed by atoms with E-state index in [4.69, 9.17) is 4.74 Å². The number of carbonyl (C=O) groups excluding carboxylic acids is 1. The van der Waals surface area contributed by atoms with Crippen molar-refractivity contribution in [2.75, 3.05) is 33.3 Å². The first-order valence-corrected chi connectivity index (χ1v) is 10.6. The molecule has 26 heavy (non-hydrogen) atoms. The fourth-order valence-corrected chi connectivity index (χ4v) is 3.71. The molecule has 0 aromatic heterocycles. The molecule has 1 saturated heterocycles. The van der Waals surface area contributed by atoms with Crippen LogP contribution < -0.4 is 10.6 Å². The number of guanidine groups is 1. The molecule has 0 spiro atoms. The summed E-state index contributed by atoms with van der Waals surface area (Å²) in [6.07, 6.45) is 12.0. The first-order chi connectivity index (χ1) is 12.7. The number of amides is 1. The fourth-order valence-electron chi connectivity index (χ4n) is 3.71. The lowest BCUT2D eigenvalue weighted by Gasteiger charge is -2.31. The molecule has 2 N–H and O–H groups in total. The Labute approximate surface area is 159 Å². The van der Waals surface area contributed by atoms with Gasteiger partial charge in [-0.3, -0.25) is 9.79 Å². The van der Waals surface area contributed by atoms with Crippen LogP contribution in [0.15, 0.2) is 4.99 Å². The summed E-state index contributed by atoms with van der Waals surface area (Å²) in [7, 11) is 1.87. The summed E-state index contributed by atoms with van der Waals surface area (Å²) in [5.41, 5.74) is 0.